The van der Waals surface area contributed by atoms with Gasteiger partial charge in [0.15, 0.2) is 6.29 Å². The molecular formula is C10H23NO4S. The molecule has 0 aliphatic rings. The van der Waals surface area contributed by atoms with Crippen molar-refractivity contribution >= 4 is 9.84 Å². The summed E-state index contributed by atoms with van der Waals surface area (Å²) in [5.74, 6) is 0.134. The summed E-state index contributed by atoms with van der Waals surface area (Å²) in [4.78, 5) is 0. The standard InChI is InChI=1S/C10H23NO4S/c1-5-14-10(15-6-2)9(11-3)7-8-16(4,12)13/h9-11H,5-8H2,1-4H3. The summed E-state index contributed by atoms with van der Waals surface area (Å²) in [5.41, 5.74) is 0. The first-order valence-corrected chi connectivity index (χ1v) is 7.58. The van der Waals surface area contributed by atoms with Gasteiger partial charge in [0.25, 0.3) is 0 Å². The lowest BCUT2D eigenvalue weighted by atomic mass is 10.2. The maximum atomic E-state index is 11.1. The first-order valence-electron chi connectivity index (χ1n) is 5.52. The van der Waals surface area contributed by atoms with E-state index in [2.05, 4.69) is 5.32 Å². The zero-order chi connectivity index (χ0) is 12.6. The molecule has 6 heteroatoms. The maximum Gasteiger partial charge on any atom is 0.172 e. The summed E-state index contributed by atoms with van der Waals surface area (Å²) < 4.78 is 33.0. The summed E-state index contributed by atoms with van der Waals surface area (Å²) in [6, 6.07) is -0.102. The average Bonchev–Trinajstić information content (AvgIpc) is 2.17. The van der Waals surface area contributed by atoms with E-state index >= 15 is 0 Å². The highest BCUT2D eigenvalue weighted by atomic mass is 32.2. The first-order chi connectivity index (χ1) is 7.44. The molecule has 0 aliphatic heterocycles. The molecular weight excluding hydrogens is 230 g/mol. The zero-order valence-corrected chi connectivity index (χ0v) is 11.3. The predicted molar refractivity (Wildman–Crippen MR) is 64.2 cm³/mol. The van der Waals surface area contributed by atoms with Crippen LogP contribution < -0.4 is 5.32 Å². The van der Waals surface area contributed by atoms with Crippen LogP contribution in [0, 0.1) is 0 Å². The van der Waals surface area contributed by atoms with Gasteiger partial charge in [0.2, 0.25) is 0 Å². The van der Waals surface area contributed by atoms with Crippen molar-refractivity contribution in [2.75, 3.05) is 32.3 Å². The number of sulfone groups is 1. The van der Waals surface area contributed by atoms with Crippen molar-refractivity contribution in [2.45, 2.75) is 32.6 Å². The molecule has 1 atom stereocenters. The highest BCUT2D eigenvalue weighted by Crippen LogP contribution is 2.07. The third-order valence-electron chi connectivity index (χ3n) is 2.16. The van der Waals surface area contributed by atoms with Gasteiger partial charge in [-0.05, 0) is 27.3 Å². The van der Waals surface area contributed by atoms with Crippen LogP contribution in [0.25, 0.3) is 0 Å². The molecule has 1 unspecified atom stereocenters. The van der Waals surface area contributed by atoms with Gasteiger partial charge < -0.3 is 14.8 Å². The third-order valence-corrected chi connectivity index (χ3v) is 3.14. The molecule has 16 heavy (non-hydrogen) atoms. The SMILES string of the molecule is CCOC(OCC)C(CCS(C)(=O)=O)NC. The Kier molecular flexibility index (Phi) is 7.91. The fraction of sp³-hybridized carbons (Fsp3) is 1.00. The Morgan fingerprint density at radius 1 is 1.19 bits per heavy atom. The maximum absolute atomic E-state index is 11.1. The number of ether oxygens (including phenoxy) is 2. The Bertz CT molecular complexity index is 260. The molecule has 0 rings (SSSR count). The smallest absolute Gasteiger partial charge is 0.172 e. The van der Waals surface area contributed by atoms with E-state index in [4.69, 9.17) is 9.47 Å². The number of hydrogen-bond acceptors (Lipinski definition) is 5. The molecule has 0 aromatic carbocycles. The van der Waals surface area contributed by atoms with E-state index in [-0.39, 0.29) is 18.1 Å². The van der Waals surface area contributed by atoms with Gasteiger partial charge >= 0.3 is 0 Å². The second kappa shape index (κ2) is 8.00. The van der Waals surface area contributed by atoms with Crippen molar-refractivity contribution in [3.63, 3.8) is 0 Å². The van der Waals surface area contributed by atoms with Crippen LogP contribution in [0.3, 0.4) is 0 Å². The lowest BCUT2D eigenvalue weighted by Gasteiger charge is -2.26. The molecule has 0 saturated carbocycles. The molecule has 98 valence electrons. The Morgan fingerprint density at radius 2 is 1.69 bits per heavy atom. The second-order valence-electron chi connectivity index (χ2n) is 3.59. The van der Waals surface area contributed by atoms with Crippen LogP contribution in [0.4, 0.5) is 0 Å². The average molecular weight is 253 g/mol. The monoisotopic (exact) mass is 253 g/mol. The number of rotatable bonds is 9. The Hall–Kier alpha value is -0.170. The molecule has 5 nitrogen and oxygen atoms in total. The number of nitrogens with one attached hydrogen (secondary N) is 1. The van der Waals surface area contributed by atoms with Crippen molar-refractivity contribution < 1.29 is 17.9 Å². The first kappa shape index (κ1) is 15.8. The molecule has 0 aromatic heterocycles. The normalized spacial score (nSPS) is 14.3. The topological polar surface area (TPSA) is 64.6 Å². The Labute approximate surface area is 98.4 Å². The molecule has 0 bridgehead atoms. The van der Waals surface area contributed by atoms with Gasteiger partial charge in [0.1, 0.15) is 9.84 Å². The summed E-state index contributed by atoms with van der Waals surface area (Å²) in [6.07, 6.45) is 1.33. The van der Waals surface area contributed by atoms with Gasteiger partial charge in [-0.15, -0.1) is 0 Å². The van der Waals surface area contributed by atoms with E-state index in [1.54, 1.807) is 7.05 Å². The summed E-state index contributed by atoms with van der Waals surface area (Å²) in [7, 11) is -1.17. The van der Waals surface area contributed by atoms with Crippen molar-refractivity contribution in [2.24, 2.45) is 0 Å². The van der Waals surface area contributed by atoms with Gasteiger partial charge in [-0.1, -0.05) is 0 Å². The molecule has 0 aromatic rings. The van der Waals surface area contributed by atoms with Crippen LogP contribution in [0.15, 0.2) is 0 Å². The number of likely N-dealkylation sites (N-methyl/N-ethyl adjacent to an activating group) is 1. The third kappa shape index (κ3) is 7.16. The van der Waals surface area contributed by atoms with Crippen LogP contribution >= 0.6 is 0 Å². The molecule has 1 N–H and O–H groups in total. The van der Waals surface area contributed by atoms with E-state index in [1.165, 1.54) is 6.26 Å². The van der Waals surface area contributed by atoms with Crippen molar-refractivity contribution in [1.82, 2.24) is 5.32 Å². The van der Waals surface area contributed by atoms with Gasteiger partial charge in [0.05, 0.1) is 11.8 Å². The predicted octanol–water partition coefficient (Wildman–Crippen LogP) is 0.408. The van der Waals surface area contributed by atoms with Gasteiger partial charge in [0, 0.05) is 19.5 Å². The summed E-state index contributed by atoms with van der Waals surface area (Å²) in [5, 5.41) is 3.03. The lowest BCUT2D eigenvalue weighted by Crippen LogP contribution is -2.42. The van der Waals surface area contributed by atoms with Crippen LogP contribution in [0.2, 0.25) is 0 Å². The quantitative estimate of drug-likeness (QED) is 0.603. The molecule has 0 radical (unpaired) electrons. The summed E-state index contributed by atoms with van der Waals surface area (Å²) in [6.45, 7) is 4.86. The fourth-order valence-electron chi connectivity index (χ4n) is 1.37. The minimum Gasteiger partial charge on any atom is -0.351 e. The molecule has 0 aliphatic carbocycles. The van der Waals surface area contributed by atoms with Gasteiger partial charge in [-0.3, -0.25) is 0 Å². The summed E-state index contributed by atoms with van der Waals surface area (Å²) >= 11 is 0. The van der Waals surface area contributed by atoms with Gasteiger partial charge in [-0.25, -0.2) is 8.42 Å². The number of hydrogen-bond donors (Lipinski definition) is 1. The molecule has 0 spiro atoms. The second-order valence-corrected chi connectivity index (χ2v) is 5.85. The fourth-order valence-corrected chi connectivity index (χ4v) is 2.05. The lowest BCUT2D eigenvalue weighted by molar-refractivity contribution is -0.153. The van der Waals surface area contributed by atoms with Crippen LogP contribution in [0.5, 0.6) is 0 Å². The van der Waals surface area contributed by atoms with Crippen molar-refractivity contribution in [1.29, 1.82) is 0 Å². The van der Waals surface area contributed by atoms with E-state index in [0.29, 0.717) is 19.6 Å². The molecule has 0 heterocycles. The minimum atomic E-state index is -2.94. The van der Waals surface area contributed by atoms with E-state index in [0.717, 1.165) is 0 Å². The molecule has 0 saturated heterocycles. The van der Waals surface area contributed by atoms with Crippen LogP contribution in [0.1, 0.15) is 20.3 Å². The zero-order valence-electron chi connectivity index (χ0n) is 10.5. The highest BCUT2D eigenvalue weighted by Gasteiger charge is 2.21. The van der Waals surface area contributed by atoms with Crippen LogP contribution in [-0.4, -0.2) is 53.0 Å². The van der Waals surface area contributed by atoms with Crippen LogP contribution in [-0.2, 0) is 19.3 Å². The van der Waals surface area contributed by atoms with E-state index in [9.17, 15) is 8.42 Å². The van der Waals surface area contributed by atoms with E-state index < -0.39 is 9.84 Å². The Balaban J connectivity index is 4.30. The highest BCUT2D eigenvalue weighted by molar-refractivity contribution is 7.90. The largest absolute Gasteiger partial charge is 0.351 e. The molecule has 0 amide bonds. The Morgan fingerprint density at radius 3 is 2.00 bits per heavy atom. The molecule has 0 fully saturated rings. The van der Waals surface area contributed by atoms with Crippen molar-refractivity contribution in [3.8, 4) is 0 Å². The van der Waals surface area contributed by atoms with Crippen molar-refractivity contribution in [3.05, 3.63) is 0 Å². The van der Waals surface area contributed by atoms with Gasteiger partial charge in [-0.2, -0.15) is 0 Å². The minimum absolute atomic E-state index is 0.102. The van der Waals surface area contributed by atoms with E-state index in [1.807, 2.05) is 13.8 Å².